The lowest BCUT2D eigenvalue weighted by molar-refractivity contribution is -0.171. The summed E-state index contributed by atoms with van der Waals surface area (Å²) in [6.45, 7) is 8.91. The third-order valence-corrected chi connectivity index (χ3v) is 4.25. The molecule has 0 N–H and O–H groups in total. The minimum Gasteiger partial charge on any atom is -0.460 e. The molecule has 0 radical (unpaired) electrons. The monoisotopic (exact) mass is 239 g/mol. The normalized spacial score (nSPS) is 32.5. The maximum Gasteiger partial charge on any atom is 0.312 e. The number of likely N-dealkylation sites (tertiary alicyclic amines) is 1. The van der Waals surface area contributed by atoms with Crippen LogP contribution >= 0.6 is 0 Å². The van der Waals surface area contributed by atoms with E-state index >= 15 is 0 Å². The van der Waals surface area contributed by atoms with Gasteiger partial charge in [-0.1, -0.05) is 0 Å². The van der Waals surface area contributed by atoms with Gasteiger partial charge in [-0.2, -0.15) is 0 Å². The van der Waals surface area contributed by atoms with Crippen molar-refractivity contribution in [2.24, 2.45) is 5.41 Å². The molecule has 3 nitrogen and oxygen atoms in total. The van der Waals surface area contributed by atoms with Crippen LogP contribution in [0.2, 0.25) is 0 Å². The highest BCUT2D eigenvalue weighted by molar-refractivity contribution is 5.77. The number of esters is 1. The van der Waals surface area contributed by atoms with Crippen molar-refractivity contribution in [2.75, 3.05) is 13.6 Å². The summed E-state index contributed by atoms with van der Waals surface area (Å²) in [5, 5.41) is 0. The fraction of sp³-hybridized carbons (Fsp3) is 0.929. The van der Waals surface area contributed by atoms with E-state index in [1.54, 1.807) is 0 Å². The Labute approximate surface area is 105 Å². The van der Waals surface area contributed by atoms with Gasteiger partial charge in [0.25, 0.3) is 0 Å². The van der Waals surface area contributed by atoms with Crippen molar-refractivity contribution in [1.82, 2.24) is 4.90 Å². The third-order valence-electron chi connectivity index (χ3n) is 4.25. The lowest BCUT2D eigenvalue weighted by atomic mass is 9.75. The Balaban J connectivity index is 2.07. The van der Waals surface area contributed by atoms with Crippen LogP contribution in [0.3, 0.4) is 0 Å². The molecule has 1 atom stereocenters. The molecule has 1 saturated heterocycles. The number of hydrogen-bond acceptors (Lipinski definition) is 3. The van der Waals surface area contributed by atoms with Gasteiger partial charge in [0.15, 0.2) is 0 Å². The molecule has 0 aromatic carbocycles. The average molecular weight is 239 g/mol. The average Bonchev–Trinajstić information content (AvgIpc) is 2.91. The van der Waals surface area contributed by atoms with Crippen molar-refractivity contribution in [3.05, 3.63) is 0 Å². The van der Waals surface area contributed by atoms with Crippen molar-refractivity contribution in [1.29, 1.82) is 0 Å². The van der Waals surface area contributed by atoms with E-state index in [1.807, 2.05) is 20.8 Å². The Morgan fingerprint density at radius 1 is 1.24 bits per heavy atom. The molecule has 0 amide bonds. The Bertz CT molecular complexity index is 328. The van der Waals surface area contributed by atoms with Gasteiger partial charge in [-0.3, -0.25) is 4.79 Å². The highest BCUT2D eigenvalue weighted by Gasteiger charge is 2.56. The molecule has 2 fully saturated rings. The molecule has 17 heavy (non-hydrogen) atoms. The second-order valence-corrected chi connectivity index (χ2v) is 7.14. The van der Waals surface area contributed by atoms with Crippen molar-refractivity contribution in [3.8, 4) is 0 Å². The highest BCUT2D eigenvalue weighted by Crippen LogP contribution is 2.53. The molecule has 1 heterocycles. The molecule has 0 unspecified atom stereocenters. The molecule has 2 aliphatic rings. The zero-order chi connectivity index (χ0) is 12.9. The first-order chi connectivity index (χ1) is 7.67. The third kappa shape index (κ3) is 2.49. The van der Waals surface area contributed by atoms with Crippen LogP contribution in [0.1, 0.15) is 53.4 Å². The second kappa shape index (κ2) is 3.71. The van der Waals surface area contributed by atoms with Gasteiger partial charge in [0.05, 0.1) is 5.41 Å². The van der Waals surface area contributed by atoms with E-state index in [-0.39, 0.29) is 17.0 Å². The van der Waals surface area contributed by atoms with Crippen LogP contribution in [0.4, 0.5) is 0 Å². The Hall–Kier alpha value is -0.570. The Morgan fingerprint density at radius 3 is 2.29 bits per heavy atom. The Kier molecular flexibility index (Phi) is 2.81. The summed E-state index contributed by atoms with van der Waals surface area (Å²) in [4.78, 5) is 14.7. The molecule has 0 aromatic heterocycles. The first-order valence-corrected chi connectivity index (χ1v) is 6.62. The predicted octanol–water partition coefficient (Wildman–Crippen LogP) is 2.59. The lowest BCUT2D eigenvalue weighted by Gasteiger charge is -2.43. The quantitative estimate of drug-likeness (QED) is 0.659. The molecule has 3 heteroatoms. The number of hydrogen-bond donors (Lipinski definition) is 0. The fourth-order valence-corrected chi connectivity index (χ4v) is 2.88. The van der Waals surface area contributed by atoms with Gasteiger partial charge in [0, 0.05) is 5.54 Å². The van der Waals surface area contributed by atoms with E-state index in [1.165, 1.54) is 12.8 Å². The summed E-state index contributed by atoms with van der Waals surface area (Å²) in [6, 6.07) is 0. The van der Waals surface area contributed by atoms with Gasteiger partial charge in [0.1, 0.15) is 5.60 Å². The molecule has 1 aliphatic carbocycles. The standard InChI is InChI=1S/C14H25NO2/c1-12(2,3)17-11(16)13(4)8-9-15(5)14(10-13)6-7-14/h6-10H2,1-5H3/t13-/m0/s1. The van der Waals surface area contributed by atoms with Crippen LogP contribution in [0, 0.1) is 5.41 Å². The number of nitrogens with zero attached hydrogens (tertiary/aromatic N) is 1. The van der Waals surface area contributed by atoms with E-state index in [9.17, 15) is 4.79 Å². The van der Waals surface area contributed by atoms with Crippen LogP contribution in [0.5, 0.6) is 0 Å². The summed E-state index contributed by atoms with van der Waals surface area (Å²) in [7, 11) is 2.18. The first kappa shape index (κ1) is 12.9. The van der Waals surface area contributed by atoms with Gasteiger partial charge in [-0.05, 0) is 67.0 Å². The van der Waals surface area contributed by atoms with Crippen LogP contribution < -0.4 is 0 Å². The van der Waals surface area contributed by atoms with E-state index in [0.29, 0.717) is 5.54 Å². The fourth-order valence-electron chi connectivity index (χ4n) is 2.88. The van der Waals surface area contributed by atoms with Gasteiger partial charge >= 0.3 is 5.97 Å². The summed E-state index contributed by atoms with van der Waals surface area (Å²) in [5.74, 6) is -0.00984. The summed E-state index contributed by atoms with van der Waals surface area (Å²) in [5.41, 5.74) is -0.347. The van der Waals surface area contributed by atoms with E-state index in [4.69, 9.17) is 4.74 Å². The number of ether oxygens (including phenoxy) is 1. The summed E-state index contributed by atoms with van der Waals surface area (Å²) >= 11 is 0. The van der Waals surface area contributed by atoms with Crippen LogP contribution in [0.25, 0.3) is 0 Å². The summed E-state index contributed by atoms with van der Waals surface area (Å²) < 4.78 is 5.58. The van der Waals surface area contributed by atoms with Crippen molar-refractivity contribution in [2.45, 2.75) is 64.5 Å². The SMILES string of the molecule is CN1CC[C@](C)(C(=O)OC(C)(C)C)CC12CC2. The smallest absolute Gasteiger partial charge is 0.312 e. The van der Waals surface area contributed by atoms with Crippen molar-refractivity contribution < 1.29 is 9.53 Å². The van der Waals surface area contributed by atoms with Crippen LogP contribution in [0.15, 0.2) is 0 Å². The largest absolute Gasteiger partial charge is 0.460 e. The molecule has 2 rings (SSSR count). The lowest BCUT2D eigenvalue weighted by Crippen LogP contribution is -2.50. The molecule has 0 bridgehead atoms. The zero-order valence-electron chi connectivity index (χ0n) is 11.8. The highest BCUT2D eigenvalue weighted by atomic mass is 16.6. The molecular formula is C14H25NO2. The molecule has 1 saturated carbocycles. The second-order valence-electron chi connectivity index (χ2n) is 7.14. The number of piperidine rings is 1. The van der Waals surface area contributed by atoms with Crippen molar-refractivity contribution >= 4 is 5.97 Å². The minimum atomic E-state index is -0.375. The van der Waals surface area contributed by atoms with E-state index < -0.39 is 0 Å². The predicted molar refractivity (Wildman–Crippen MR) is 67.8 cm³/mol. The van der Waals surface area contributed by atoms with Gasteiger partial charge in [-0.15, -0.1) is 0 Å². The van der Waals surface area contributed by atoms with Crippen LogP contribution in [-0.4, -0.2) is 35.6 Å². The molecule has 1 spiro atoms. The minimum absolute atomic E-state index is 0.00984. The zero-order valence-corrected chi connectivity index (χ0v) is 11.8. The van der Waals surface area contributed by atoms with Gasteiger partial charge < -0.3 is 9.64 Å². The summed E-state index contributed by atoms with van der Waals surface area (Å²) in [6.07, 6.45) is 4.36. The maximum absolute atomic E-state index is 12.3. The van der Waals surface area contributed by atoms with Crippen LogP contribution in [-0.2, 0) is 9.53 Å². The first-order valence-electron chi connectivity index (χ1n) is 6.62. The maximum atomic E-state index is 12.3. The molecular weight excluding hydrogens is 214 g/mol. The Morgan fingerprint density at radius 2 is 1.82 bits per heavy atom. The molecule has 1 aliphatic heterocycles. The number of carbonyl (C=O) groups excluding carboxylic acids is 1. The topological polar surface area (TPSA) is 29.5 Å². The van der Waals surface area contributed by atoms with E-state index in [0.717, 1.165) is 19.4 Å². The molecule has 98 valence electrons. The number of carbonyl (C=O) groups is 1. The van der Waals surface area contributed by atoms with Gasteiger partial charge in [0.2, 0.25) is 0 Å². The molecule has 0 aromatic rings. The number of rotatable bonds is 1. The van der Waals surface area contributed by atoms with Gasteiger partial charge in [-0.25, -0.2) is 0 Å². The van der Waals surface area contributed by atoms with Crippen molar-refractivity contribution in [3.63, 3.8) is 0 Å². The van der Waals surface area contributed by atoms with E-state index in [2.05, 4.69) is 18.9 Å².